The number of anilines is 2. The molecule has 3 rings (SSSR count). The maximum Gasteiger partial charge on any atom is 0.253 e. The summed E-state index contributed by atoms with van der Waals surface area (Å²) in [4.78, 5) is 14.7. The summed E-state index contributed by atoms with van der Waals surface area (Å²) >= 11 is 0. The molecule has 2 aromatic rings. The zero-order valence-corrected chi connectivity index (χ0v) is 14.1. The highest BCUT2D eigenvalue weighted by molar-refractivity contribution is 5.95. The van der Waals surface area contributed by atoms with Crippen LogP contribution in [0.4, 0.5) is 11.5 Å². The first-order valence-electron chi connectivity index (χ1n) is 8.29. The van der Waals surface area contributed by atoms with Crippen molar-refractivity contribution in [3.8, 4) is 0 Å². The molecule has 0 bridgehead atoms. The van der Waals surface area contributed by atoms with Crippen molar-refractivity contribution in [3.63, 3.8) is 0 Å². The van der Waals surface area contributed by atoms with E-state index in [1.54, 1.807) is 0 Å². The van der Waals surface area contributed by atoms with Gasteiger partial charge >= 0.3 is 0 Å². The summed E-state index contributed by atoms with van der Waals surface area (Å²) in [6.07, 6.45) is 2.15. The van der Waals surface area contributed by atoms with Crippen LogP contribution in [0.2, 0.25) is 0 Å². The average molecular weight is 325 g/mol. The van der Waals surface area contributed by atoms with Crippen LogP contribution >= 0.6 is 0 Å². The Bertz CT molecular complexity index is 701. The molecule has 0 spiro atoms. The van der Waals surface area contributed by atoms with E-state index in [1.165, 1.54) is 0 Å². The number of benzene rings is 1. The second-order valence-corrected chi connectivity index (χ2v) is 6.14. The Morgan fingerprint density at radius 3 is 2.88 bits per heavy atom. The second-order valence-electron chi connectivity index (χ2n) is 6.14. The van der Waals surface area contributed by atoms with Crippen molar-refractivity contribution < 1.29 is 4.79 Å². The Morgan fingerprint density at radius 1 is 1.25 bits per heavy atom. The molecular weight excluding hydrogens is 302 g/mol. The molecular formula is C18H23N5O. The molecule has 1 amide bonds. The number of aromatic nitrogens is 2. The molecule has 2 heterocycles. The molecule has 1 fully saturated rings. The molecule has 6 nitrogen and oxygen atoms in total. The number of nitrogens with zero attached hydrogens (tertiary/aromatic N) is 3. The van der Waals surface area contributed by atoms with Crippen LogP contribution < -0.4 is 10.6 Å². The SMILES string of the molecule is CN[C@@H]1CCCN(C(=O)c2cccc(Nc3ccc(C)nn3)c2)C1. The van der Waals surface area contributed by atoms with E-state index in [0.29, 0.717) is 17.4 Å². The number of likely N-dealkylation sites (tertiary alicyclic amines) is 1. The van der Waals surface area contributed by atoms with Crippen LogP contribution in [0.25, 0.3) is 0 Å². The van der Waals surface area contributed by atoms with Crippen LogP contribution in [0.3, 0.4) is 0 Å². The van der Waals surface area contributed by atoms with Gasteiger partial charge in [-0.3, -0.25) is 4.79 Å². The van der Waals surface area contributed by atoms with Gasteiger partial charge in [-0.05, 0) is 57.1 Å². The largest absolute Gasteiger partial charge is 0.339 e. The summed E-state index contributed by atoms with van der Waals surface area (Å²) in [5.41, 5.74) is 2.40. The Hall–Kier alpha value is -2.47. The summed E-state index contributed by atoms with van der Waals surface area (Å²) in [7, 11) is 1.95. The molecule has 1 aliphatic heterocycles. The molecule has 1 aliphatic rings. The number of carbonyl (C=O) groups excluding carboxylic acids is 1. The zero-order valence-electron chi connectivity index (χ0n) is 14.1. The van der Waals surface area contributed by atoms with Crippen molar-refractivity contribution in [2.45, 2.75) is 25.8 Å². The van der Waals surface area contributed by atoms with E-state index in [2.05, 4.69) is 20.8 Å². The molecule has 0 radical (unpaired) electrons. The number of hydrogen-bond acceptors (Lipinski definition) is 5. The Balaban J connectivity index is 1.72. The van der Waals surface area contributed by atoms with Crippen molar-refractivity contribution in [1.29, 1.82) is 0 Å². The Labute approximate surface area is 142 Å². The van der Waals surface area contributed by atoms with Gasteiger partial charge in [0.2, 0.25) is 0 Å². The summed E-state index contributed by atoms with van der Waals surface area (Å²) < 4.78 is 0. The summed E-state index contributed by atoms with van der Waals surface area (Å²) in [5.74, 6) is 0.743. The van der Waals surface area contributed by atoms with Crippen molar-refractivity contribution in [3.05, 3.63) is 47.7 Å². The van der Waals surface area contributed by atoms with E-state index in [1.807, 2.05) is 55.3 Å². The van der Waals surface area contributed by atoms with Crippen molar-refractivity contribution >= 4 is 17.4 Å². The Kier molecular flexibility index (Phi) is 5.05. The van der Waals surface area contributed by atoms with Gasteiger partial charge in [-0.15, -0.1) is 5.10 Å². The molecule has 0 saturated carbocycles. The number of carbonyl (C=O) groups is 1. The third kappa shape index (κ3) is 3.89. The van der Waals surface area contributed by atoms with Gasteiger partial charge in [0.25, 0.3) is 5.91 Å². The number of aryl methyl sites for hydroxylation is 1. The van der Waals surface area contributed by atoms with Gasteiger partial charge < -0.3 is 15.5 Å². The summed E-state index contributed by atoms with van der Waals surface area (Å²) in [6.45, 7) is 3.47. The van der Waals surface area contributed by atoms with Crippen LogP contribution in [0.1, 0.15) is 28.9 Å². The lowest BCUT2D eigenvalue weighted by Gasteiger charge is -2.32. The first-order chi connectivity index (χ1) is 11.7. The highest BCUT2D eigenvalue weighted by Crippen LogP contribution is 2.19. The van der Waals surface area contributed by atoms with E-state index >= 15 is 0 Å². The minimum atomic E-state index is 0.0774. The molecule has 24 heavy (non-hydrogen) atoms. The number of likely N-dealkylation sites (N-methyl/N-ethyl adjacent to an activating group) is 1. The molecule has 2 N–H and O–H groups in total. The van der Waals surface area contributed by atoms with Gasteiger partial charge in [0.15, 0.2) is 5.82 Å². The summed E-state index contributed by atoms with van der Waals surface area (Å²) in [6, 6.07) is 11.7. The standard InChI is InChI=1S/C18H23N5O/c1-13-8-9-17(22-21-13)20-15-6-3-5-14(11-15)18(24)23-10-4-7-16(12-23)19-2/h3,5-6,8-9,11,16,19H,4,7,10,12H2,1-2H3,(H,20,22)/t16-/m1/s1. The monoisotopic (exact) mass is 325 g/mol. The van der Waals surface area contributed by atoms with E-state index in [-0.39, 0.29) is 5.91 Å². The number of rotatable bonds is 4. The maximum atomic E-state index is 12.8. The predicted molar refractivity (Wildman–Crippen MR) is 94.5 cm³/mol. The average Bonchev–Trinajstić information content (AvgIpc) is 2.63. The summed E-state index contributed by atoms with van der Waals surface area (Å²) in [5, 5.41) is 14.6. The van der Waals surface area contributed by atoms with Gasteiger partial charge in [0.05, 0.1) is 5.69 Å². The molecule has 1 saturated heterocycles. The van der Waals surface area contributed by atoms with E-state index < -0.39 is 0 Å². The third-order valence-corrected chi connectivity index (χ3v) is 4.30. The minimum absolute atomic E-state index is 0.0774. The number of hydrogen-bond donors (Lipinski definition) is 2. The van der Waals surface area contributed by atoms with Gasteiger partial charge in [-0.25, -0.2) is 0 Å². The van der Waals surface area contributed by atoms with Gasteiger partial charge in [0.1, 0.15) is 0 Å². The van der Waals surface area contributed by atoms with Gasteiger partial charge in [0, 0.05) is 30.4 Å². The maximum absolute atomic E-state index is 12.8. The smallest absolute Gasteiger partial charge is 0.253 e. The molecule has 0 unspecified atom stereocenters. The number of amides is 1. The topological polar surface area (TPSA) is 70.2 Å². The highest BCUT2D eigenvalue weighted by Gasteiger charge is 2.23. The predicted octanol–water partition coefficient (Wildman–Crippen LogP) is 2.35. The fourth-order valence-corrected chi connectivity index (χ4v) is 2.92. The van der Waals surface area contributed by atoms with Crippen LogP contribution in [0.15, 0.2) is 36.4 Å². The Morgan fingerprint density at radius 2 is 2.12 bits per heavy atom. The highest BCUT2D eigenvalue weighted by atomic mass is 16.2. The molecule has 0 aliphatic carbocycles. The fraction of sp³-hybridized carbons (Fsp3) is 0.389. The van der Waals surface area contributed by atoms with E-state index in [9.17, 15) is 4.79 Å². The zero-order chi connectivity index (χ0) is 16.9. The van der Waals surface area contributed by atoms with Crippen molar-refractivity contribution in [1.82, 2.24) is 20.4 Å². The van der Waals surface area contributed by atoms with E-state index in [4.69, 9.17) is 0 Å². The molecule has 6 heteroatoms. The lowest BCUT2D eigenvalue weighted by molar-refractivity contribution is 0.0698. The number of nitrogens with one attached hydrogen (secondary N) is 2. The van der Waals surface area contributed by atoms with Crippen LogP contribution in [0.5, 0.6) is 0 Å². The lowest BCUT2D eigenvalue weighted by atomic mass is 10.0. The third-order valence-electron chi connectivity index (χ3n) is 4.30. The van der Waals surface area contributed by atoms with Crippen molar-refractivity contribution in [2.75, 3.05) is 25.5 Å². The van der Waals surface area contributed by atoms with E-state index in [0.717, 1.165) is 37.3 Å². The normalized spacial score (nSPS) is 17.6. The van der Waals surface area contributed by atoms with Crippen molar-refractivity contribution in [2.24, 2.45) is 0 Å². The first kappa shape index (κ1) is 16.4. The number of piperidine rings is 1. The van der Waals surface area contributed by atoms with Gasteiger partial charge in [-0.1, -0.05) is 6.07 Å². The van der Waals surface area contributed by atoms with Crippen LogP contribution in [0, 0.1) is 6.92 Å². The first-order valence-corrected chi connectivity index (χ1v) is 8.29. The van der Waals surface area contributed by atoms with Crippen LogP contribution in [-0.4, -0.2) is 47.2 Å². The quantitative estimate of drug-likeness (QED) is 0.903. The molecule has 1 aromatic heterocycles. The molecule has 1 aromatic carbocycles. The minimum Gasteiger partial charge on any atom is -0.339 e. The fourth-order valence-electron chi connectivity index (χ4n) is 2.92. The molecule has 126 valence electrons. The van der Waals surface area contributed by atoms with Crippen LogP contribution in [-0.2, 0) is 0 Å². The molecule has 1 atom stereocenters. The van der Waals surface area contributed by atoms with Gasteiger partial charge in [-0.2, -0.15) is 5.10 Å². The second kappa shape index (κ2) is 7.40. The lowest BCUT2D eigenvalue weighted by Crippen LogP contribution is -2.46.